The van der Waals surface area contributed by atoms with Crippen molar-refractivity contribution in [2.75, 3.05) is 20.3 Å². The summed E-state index contributed by atoms with van der Waals surface area (Å²) in [5.41, 5.74) is 0.179. The van der Waals surface area contributed by atoms with Crippen molar-refractivity contribution in [1.29, 1.82) is 0 Å². The quantitative estimate of drug-likeness (QED) is 0.747. The van der Waals surface area contributed by atoms with Gasteiger partial charge in [0.25, 0.3) is 0 Å². The highest BCUT2D eigenvalue weighted by atomic mass is 32.2. The molecule has 0 bridgehead atoms. The molecule has 21 heavy (non-hydrogen) atoms. The van der Waals surface area contributed by atoms with E-state index in [-0.39, 0.29) is 16.1 Å². The molecule has 1 N–H and O–H groups in total. The van der Waals surface area contributed by atoms with Gasteiger partial charge in [-0.05, 0) is 30.9 Å². The number of nitrogens with one attached hydrogen (secondary N) is 1. The molecule has 118 valence electrons. The van der Waals surface area contributed by atoms with Crippen LogP contribution in [0.4, 0.5) is 0 Å². The predicted octanol–water partition coefficient (Wildman–Crippen LogP) is 2.23. The maximum absolute atomic E-state index is 12.3. The van der Waals surface area contributed by atoms with Gasteiger partial charge in [0.1, 0.15) is 0 Å². The molecule has 6 heteroatoms. The lowest BCUT2D eigenvalue weighted by molar-refractivity contribution is 0.101. The van der Waals surface area contributed by atoms with E-state index < -0.39 is 10.0 Å². The van der Waals surface area contributed by atoms with Crippen molar-refractivity contribution >= 4 is 15.8 Å². The number of methoxy groups -OCH3 is 1. The van der Waals surface area contributed by atoms with Gasteiger partial charge in [0.05, 0.1) is 4.90 Å². The van der Waals surface area contributed by atoms with Crippen LogP contribution in [0.15, 0.2) is 29.2 Å². The summed E-state index contributed by atoms with van der Waals surface area (Å²) in [5, 5.41) is 0. The molecule has 0 amide bonds. The van der Waals surface area contributed by atoms with Gasteiger partial charge in [-0.3, -0.25) is 4.79 Å². The first-order valence-corrected chi connectivity index (χ1v) is 8.26. The molecule has 0 aliphatic rings. The second-order valence-corrected chi connectivity index (χ2v) is 7.58. The number of sulfonamides is 1. The second kappa shape index (κ2) is 7.15. The van der Waals surface area contributed by atoms with Crippen LogP contribution < -0.4 is 4.72 Å². The normalized spacial score (nSPS) is 12.4. The third kappa shape index (κ3) is 5.57. The van der Waals surface area contributed by atoms with Crippen molar-refractivity contribution in [2.24, 2.45) is 5.41 Å². The van der Waals surface area contributed by atoms with Gasteiger partial charge in [0.15, 0.2) is 5.78 Å². The van der Waals surface area contributed by atoms with Crippen molar-refractivity contribution in [2.45, 2.75) is 32.1 Å². The van der Waals surface area contributed by atoms with Gasteiger partial charge in [0, 0.05) is 25.8 Å². The average molecular weight is 313 g/mol. The Kier molecular flexibility index (Phi) is 6.07. The molecule has 0 heterocycles. The van der Waals surface area contributed by atoms with Crippen LogP contribution in [0.1, 0.15) is 37.6 Å². The van der Waals surface area contributed by atoms with E-state index in [4.69, 9.17) is 4.74 Å². The Morgan fingerprint density at radius 1 is 1.33 bits per heavy atom. The van der Waals surface area contributed by atoms with Crippen LogP contribution in [-0.4, -0.2) is 34.5 Å². The number of carbonyl (C=O) groups is 1. The van der Waals surface area contributed by atoms with Crippen molar-refractivity contribution in [3.05, 3.63) is 29.8 Å². The Morgan fingerprint density at radius 2 is 2.00 bits per heavy atom. The fourth-order valence-electron chi connectivity index (χ4n) is 1.72. The summed E-state index contributed by atoms with van der Waals surface area (Å²) in [6.45, 7) is 6.24. The van der Waals surface area contributed by atoms with Crippen LogP contribution in [0, 0.1) is 5.41 Å². The van der Waals surface area contributed by atoms with E-state index in [9.17, 15) is 13.2 Å². The van der Waals surface area contributed by atoms with E-state index in [0.717, 1.165) is 6.42 Å². The summed E-state index contributed by atoms with van der Waals surface area (Å²) < 4.78 is 32.2. The van der Waals surface area contributed by atoms with Crippen LogP contribution in [0.25, 0.3) is 0 Å². The number of ketones is 1. The minimum atomic E-state index is -3.62. The minimum absolute atomic E-state index is 0.109. The lowest BCUT2D eigenvalue weighted by atomic mass is 9.90. The Bertz CT molecular complexity index is 593. The molecule has 0 fully saturated rings. The van der Waals surface area contributed by atoms with E-state index in [2.05, 4.69) is 4.72 Å². The Balaban J connectivity index is 2.82. The summed E-state index contributed by atoms with van der Waals surface area (Å²) >= 11 is 0. The van der Waals surface area contributed by atoms with Crippen molar-refractivity contribution in [1.82, 2.24) is 4.72 Å². The summed E-state index contributed by atoms with van der Waals surface area (Å²) in [5.74, 6) is -0.160. The van der Waals surface area contributed by atoms with E-state index in [1.54, 1.807) is 19.2 Å². The highest BCUT2D eigenvalue weighted by Gasteiger charge is 2.22. The van der Waals surface area contributed by atoms with Crippen LogP contribution in [0.3, 0.4) is 0 Å². The van der Waals surface area contributed by atoms with Crippen LogP contribution in [0.5, 0.6) is 0 Å². The molecule has 0 unspecified atom stereocenters. The highest BCUT2D eigenvalue weighted by molar-refractivity contribution is 7.89. The lowest BCUT2D eigenvalue weighted by Gasteiger charge is -2.24. The van der Waals surface area contributed by atoms with Gasteiger partial charge < -0.3 is 4.74 Å². The monoisotopic (exact) mass is 313 g/mol. The lowest BCUT2D eigenvalue weighted by Crippen LogP contribution is -2.34. The molecular formula is C15H23NO4S. The third-order valence-electron chi connectivity index (χ3n) is 3.27. The minimum Gasteiger partial charge on any atom is -0.385 e. The van der Waals surface area contributed by atoms with Gasteiger partial charge in [-0.15, -0.1) is 0 Å². The molecule has 0 aliphatic heterocycles. The van der Waals surface area contributed by atoms with Gasteiger partial charge in [0.2, 0.25) is 10.0 Å². The first kappa shape index (κ1) is 17.8. The van der Waals surface area contributed by atoms with Gasteiger partial charge in [-0.1, -0.05) is 26.0 Å². The number of Topliss-reactive ketones (excluding diaryl/α,β-unsaturated/α-hetero) is 1. The van der Waals surface area contributed by atoms with E-state index >= 15 is 0 Å². The van der Waals surface area contributed by atoms with E-state index in [0.29, 0.717) is 18.7 Å². The molecule has 5 nitrogen and oxygen atoms in total. The zero-order chi connectivity index (χ0) is 16.1. The van der Waals surface area contributed by atoms with Gasteiger partial charge in [-0.25, -0.2) is 13.1 Å². The number of hydrogen-bond donors (Lipinski definition) is 1. The van der Waals surface area contributed by atoms with E-state index in [1.807, 2.05) is 13.8 Å². The summed E-state index contributed by atoms with van der Waals surface area (Å²) in [7, 11) is -2.00. The van der Waals surface area contributed by atoms with Crippen molar-refractivity contribution in [3.63, 3.8) is 0 Å². The Morgan fingerprint density at radius 3 is 2.57 bits per heavy atom. The van der Waals surface area contributed by atoms with Gasteiger partial charge >= 0.3 is 0 Å². The zero-order valence-corrected chi connectivity index (χ0v) is 13.8. The molecule has 0 atom stereocenters. The van der Waals surface area contributed by atoms with Crippen molar-refractivity contribution < 1.29 is 17.9 Å². The highest BCUT2D eigenvalue weighted by Crippen LogP contribution is 2.20. The SMILES string of the molecule is COCCC(C)(C)CNS(=O)(=O)c1cccc(C(C)=O)c1. The molecule has 0 saturated carbocycles. The third-order valence-corrected chi connectivity index (χ3v) is 4.67. The maximum atomic E-state index is 12.3. The fourth-order valence-corrected chi connectivity index (χ4v) is 3.01. The molecule has 0 saturated heterocycles. The number of ether oxygens (including phenoxy) is 1. The zero-order valence-electron chi connectivity index (χ0n) is 13.0. The van der Waals surface area contributed by atoms with Crippen molar-refractivity contribution in [3.8, 4) is 0 Å². The number of rotatable bonds is 8. The molecule has 1 aromatic carbocycles. The average Bonchev–Trinajstić information content (AvgIpc) is 2.43. The largest absolute Gasteiger partial charge is 0.385 e. The molecule has 0 aliphatic carbocycles. The predicted molar refractivity (Wildman–Crippen MR) is 81.9 cm³/mol. The summed E-state index contributed by atoms with van der Waals surface area (Å²) in [4.78, 5) is 11.4. The first-order chi connectivity index (χ1) is 9.68. The molecule has 0 spiro atoms. The fraction of sp³-hybridized carbons (Fsp3) is 0.533. The van der Waals surface area contributed by atoms with Crippen LogP contribution in [-0.2, 0) is 14.8 Å². The Labute approximate surface area is 126 Å². The summed E-state index contributed by atoms with van der Waals surface area (Å²) in [6, 6.07) is 6.05. The van der Waals surface area contributed by atoms with Gasteiger partial charge in [-0.2, -0.15) is 0 Å². The topological polar surface area (TPSA) is 72.5 Å². The number of hydrogen-bond acceptors (Lipinski definition) is 4. The summed E-state index contributed by atoms with van der Waals surface area (Å²) in [6.07, 6.45) is 0.750. The van der Waals surface area contributed by atoms with Crippen LogP contribution in [0.2, 0.25) is 0 Å². The molecule has 0 radical (unpaired) electrons. The number of benzene rings is 1. The van der Waals surface area contributed by atoms with Crippen LogP contribution >= 0.6 is 0 Å². The molecule has 0 aromatic heterocycles. The second-order valence-electron chi connectivity index (χ2n) is 5.82. The Hall–Kier alpha value is -1.24. The molecular weight excluding hydrogens is 290 g/mol. The molecule has 1 rings (SSSR count). The standard InChI is InChI=1S/C15H23NO4S/c1-12(17)13-6-5-7-14(10-13)21(18,19)16-11-15(2,3)8-9-20-4/h5-7,10,16H,8-9,11H2,1-4H3. The first-order valence-electron chi connectivity index (χ1n) is 6.77. The maximum Gasteiger partial charge on any atom is 0.240 e. The number of carbonyl (C=O) groups excluding carboxylic acids is 1. The smallest absolute Gasteiger partial charge is 0.240 e. The van der Waals surface area contributed by atoms with E-state index in [1.165, 1.54) is 19.1 Å². The molecule has 1 aromatic rings.